The first-order chi connectivity index (χ1) is 14.1. The van der Waals surface area contributed by atoms with Crippen molar-refractivity contribution in [3.63, 3.8) is 0 Å². The van der Waals surface area contributed by atoms with Crippen molar-refractivity contribution in [1.82, 2.24) is 9.97 Å². The molecule has 1 aromatic heterocycles. The molecule has 0 N–H and O–H groups in total. The van der Waals surface area contributed by atoms with E-state index in [1.54, 1.807) is 29.2 Å². The number of likely N-dealkylation sites (N-methyl/N-ethyl adjacent to an activating group) is 1. The summed E-state index contributed by atoms with van der Waals surface area (Å²) in [6.07, 6.45) is 0.456. The molecule has 3 aromatic rings. The van der Waals surface area contributed by atoms with Crippen LogP contribution in [0.25, 0.3) is 11.0 Å². The summed E-state index contributed by atoms with van der Waals surface area (Å²) in [6.45, 7) is 2.90. The van der Waals surface area contributed by atoms with E-state index in [0.29, 0.717) is 42.5 Å². The van der Waals surface area contributed by atoms with E-state index in [1.165, 1.54) is 0 Å². The summed E-state index contributed by atoms with van der Waals surface area (Å²) in [4.78, 5) is 37.6. The molecular formula is C22H22N4O3. The second kappa shape index (κ2) is 7.87. The van der Waals surface area contributed by atoms with E-state index >= 15 is 0 Å². The van der Waals surface area contributed by atoms with E-state index in [1.807, 2.05) is 43.1 Å². The van der Waals surface area contributed by atoms with Crippen molar-refractivity contribution in [3.8, 4) is 5.75 Å². The van der Waals surface area contributed by atoms with E-state index in [4.69, 9.17) is 4.74 Å². The van der Waals surface area contributed by atoms with E-state index in [-0.39, 0.29) is 18.3 Å². The fourth-order valence-corrected chi connectivity index (χ4v) is 3.29. The normalized spacial score (nSPS) is 13.3. The van der Waals surface area contributed by atoms with Gasteiger partial charge < -0.3 is 9.64 Å². The molecule has 1 aliphatic heterocycles. The minimum absolute atomic E-state index is 0.0764. The van der Waals surface area contributed by atoms with Gasteiger partial charge in [0.25, 0.3) is 5.91 Å². The minimum atomic E-state index is -0.183. The number of benzene rings is 2. The maximum atomic E-state index is 12.9. The Hall–Kier alpha value is -3.48. The quantitative estimate of drug-likeness (QED) is 0.623. The number of ether oxygens (including phenoxy) is 1. The SMILES string of the molecule is CCC(=O)c1ccc(OCC(=O)N2CCN(C)c3nc4ccccc4nc32)cc1. The van der Waals surface area contributed by atoms with Crippen molar-refractivity contribution in [3.05, 3.63) is 54.1 Å². The lowest BCUT2D eigenvalue weighted by atomic mass is 10.1. The first-order valence-corrected chi connectivity index (χ1v) is 9.61. The molecular weight excluding hydrogens is 368 g/mol. The average Bonchev–Trinajstić information content (AvgIpc) is 2.76. The molecule has 7 nitrogen and oxygen atoms in total. The lowest BCUT2D eigenvalue weighted by Gasteiger charge is -2.33. The maximum absolute atomic E-state index is 12.9. The van der Waals surface area contributed by atoms with Crippen LogP contribution in [0.5, 0.6) is 5.75 Å². The van der Waals surface area contributed by atoms with Crippen molar-refractivity contribution in [2.24, 2.45) is 0 Å². The second-order valence-electron chi connectivity index (χ2n) is 6.92. The molecule has 0 bridgehead atoms. The molecule has 4 rings (SSSR count). The Morgan fingerprint density at radius 1 is 0.966 bits per heavy atom. The van der Waals surface area contributed by atoms with Gasteiger partial charge in [-0.3, -0.25) is 14.5 Å². The molecule has 1 aliphatic rings. The van der Waals surface area contributed by atoms with Gasteiger partial charge in [-0.15, -0.1) is 0 Å². The Balaban J connectivity index is 1.52. The van der Waals surface area contributed by atoms with Crippen LogP contribution in [0.15, 0.2) is 48.5 Å². The fourth-order valence-electron chi connectivity index (χ4n) is 3.29. The number of nitrogens with zero attached hydrogens (tertiary/aromatic N) is 4. The van der Waals surface area contributed by atoms with Crippen LogP contribution in [0, 0.1) is 0 Å². The third-order valence-electron chi connectivity index (χ3n) is 4.97. The summed E-state index contributed by atoms with van der Waals surface area (Å²) in [5.74, 6) is 1.68. The Morgan fingerprint density at radius 2 is 1.62 bits per heavy atom. The van der Waals surface area contributed by atoms with Crippen molar-refractivity contribution >= 4 is 34.4 Å². The Bertz CT molecular complexity index is 1070. The van der Waals surface area contributed by atoms with E-state index in [0.717, 1.165) is 11.0 Å². The lowest BCUT2D eigenvalue weighted by molar-refractivity contribution is -0.120. The highest BCUT2D eigenvalue weighted by Crippen LogP contribution is 2.30. The third kappa shape index (κ3) is 3.76. The van der Waals surface area contributed by atoms with Crippen LogP contribution in [0.1, 0.15) is 23.7 Å². The van der Waals surface area contributed by atoms with Crippen LogP contribution in [0.4, 0.5) is 11.6 Å². The van der Waals surface area contributed by atoms with Gasteiger partial charge in [-0.2, -0.15) is 0 Å². The largest absolute Gasteiger partial charge is 0.484 e. The van der Waals surface area contributed by atoms with Crippen LogP contribution in [0.2, 0.25) is 0 Å². The summed E-state index contributed by atoms with van der Waals surface area (Å²) in [5.41, 5.74) is 2.18. The van der Waals surface area contributed by atoms with Gasteiger partial charge in [-0.05, 0) is 36.4 Å². The van der Waals surface area contributed by atoms with Crippen LogP contribution in [-0.2, 0) is 4.79 Å². The number of carbonyl (C=O) groups excluding carboxylic acids is 2. The second-order valence-corrected chi connectivity index (χ2v) is 6.92. The van der Waals surface area contributed by atoms with Gasteiger partial charge >= 0.3 is 0 Å². The van der Waals surface area contributed by atoms with Gasteiger partial charge in [0.15, 0.2) is 24.0 Å². The molecule has 0 atom stereocenters. The number of anilines is 2. The summed E-state index contributed by atoms with van der Waals surface area (Å²) in [6, 6.07) is 14.5. The average molecular weight is 390 g/mol. The number of rotatable bonds is 5. The van der Waals surface area contributed by atoms with Gasteiger partial charge in [0.1, 0.15) is 5.75 Å². The molecule has 0 spiro atoms. The van der Waals surface area contributed by atoms with Gasteiger partial charge in [0, 0.05) is 32.1 Å². The smallest absolute Gasteiger partial charge is 0.266 e. The van der Waals surface area contributed by atoms with Crippen LogP contribution in [0.3, 0.4) is 0 Å². The Morgan fingerprint density at radius 3 is 2.28 bits per heavy atom. The number of ketones is 1. The van der Waals surface area contributed by atoms with E-state index in [2.05, 4.69) is 9.97 Å². The minimum Gasteiger partial charge on any atom is -0.484 e. The molecule has 0 fully saturated rings. The zero-order chi connectivity index (χ0) is 20.4. The predicted octanol–water partition coefficient (Wildman–Crippen LogP) is 3.08. The molecule has 0 saturated heterocycles. The van der Waals surface area contributed by atoms with Gasteiger partial charge in [-0.25, -0.2) is 9.97 Å². The van der Waals surface area contributed by atoms with Gasteiger partial charge in [0.05, 0.1) is 11.0 Å². The monoisotopic (exact) mass is 390 g/mol. The molecule has 0 saturated carbocycles. The molecule has 7 heteroatoms. The summed E-state index contributed by atoms with van der Waals surface area (Å²) >= 11 is 0. The number of carbonyl (C=O) groups is 2. The number of fused-ring (bicyclic) bond motifs is 2. The van der Waals surface area contributed by atoms with E-state index < -0.39 is 0 Å². The maximum Gasteiger partial charge on any atom is 0.266 e. The molecule has 0 unspecified atom stereocenters. The van der Waals surface area contributed by atoms with Crippen molar-refractivity contribution < 1.29 is 14.3 Å². The highest BCUT2D eigenvalue weighted by Gasteiger charge is 2.28. The Kier molecular flexibility index (Phi) is 5.12. The number of aromatic nitrogens is 2. The molecule has 0 aliphatic carbocycles. The summed E-state index contributed by atoms with van der Waals surface area (Å²) < 4.78 is 5.65. The zero-order valence-corrected chi connectivity index (χ0v) is 16.5. The highest BCUT2D eigenvalue weighted by atomic mass is 16.5. The third-order valence-corrected chi connectivity index (χ3v) is 4.97. The van der Waals surface area contributed by atoms with Gasteiger partial charge in [-0.1, -0.05) is 19.1 Å². The molecule has 2 heterocycles. The summed E-state index contributed by atoms with van der Waals surface area (Å²) in [7, 11) is 1.94. The Labute approximate surface area is 168 Å². The molecule has 1 amide bonds. The van der Waals surface area contributed by atoms with Crippen LogP contribution < -0.4 is 14.5 Å². The number of hydrogen-bond acceptors (Lipinski definition) is 6. The van der Waals surface area contributed by atoms with Crippen molar-refractivity contribution in [2.75, 3.05) is 36.5 Å². The highest BCUT2D eigenvalue weighted by molar-refractivity contribution is 5.98. The van der Waals surface area contributed by atoms with Crippen LogP contribution in [-0.4, -0.2) is 48.4 Å². The molecule has 148 valence electrons. The van der Waals surface area contributed by atoms with Gasteiger partial charge in [0.2, 0.25) is 0 Å². The van der Waals surface area contributed by atoms with Crippen molar-refractivity contribution in [1.29, 1.82) is 0 Å². The number of hydrogen-bond donors (Lipinski definition) is 0. The van der Waals surface area contributed by atoms with E-state index in [9.17, 15) is 9.59 Å². The first-order valence-electron chi connectivity index (χ1n) is 9.61. The number of amides is 1. The van der Waals surface area contributed by atoms with Crippen LogP contribution >= 0.6 is 0 Å². The molecule has 0 radical (unpaired) electrons. The molecule has 29 heavy (non-hydrogen) atoms. The lowest BCUT2D eigenvalue weighted by Crippen LogP contribution is -2.45. The topological polar surface area (TPSA) is 75.6 Å². The fraction of sp³-hybridized carbons (Fsp3) is 0.273. The van der Waals surface area contributed by atoms with Crippen molar-refractivity contribution in [2.45, 2.75) is 13.3 Å². The summed E-state index contributed by atoms with van der Waals surface area (Å²) in [5, 5.41) is 0. The number of Topliss-reactive ketones (excluding diaryl/α,β-unsaturated/α-hetero) is 1. The molecule has 2 aromatic carbocycles. The predicted molar refractivity (Wildman–Crippen MR) is 112 cm³/mol. The number of para-hydroxylation sites is 2. The zero-order valence-electron chi connectivity index (χ0n) is 16.5. The standard InChI is InChI=1S/C22H22N4O3/c1-3-19(27)15-8-10-16(11-9-15)29-14-20(28)26-13-12-25(2)21-22(26)24-18-7-5-4-6-17(18)23-21/h4-11H,3,12-14H2,1-2H3. The first kappa shape index (κ1) is 18.9.